The SMILES string of the molecule is C#CCC(CC)NC1CCCCC1C(F)(F)F. The van der Waals surface area contributed by atoms with Crippen LogP contribution < -0.4 is 5.32 Å². The molecular weight excluding hydrogens is 227 g/mol. The van der Waals surface area contributed by atoms with Crippen LogP contribution in [0.2, 0.25) is 0 Å². The number of rotatable bonds is 4. The number of halogens is 3. The first-order valence-electron chi connectivity index (χ1n) is 6.25. The molecule has 3 unspecified atom stereocenters. The Labute approximate surface area is 101 Å². The number of hydrogen-bond donors (Lipinski definition) is 1. The molecule has 0 spiro atoms. The van der Waals surface area contributed by atoms with Crippen LogP contribution in [0.3, 0.4) is 0 Å². The second kappa shape index (κ2) is 6.30. The van der Waals surface area contributed by atoms with E-state index in [0.29, 0.717) is 19.3 Å². The molecule has 1 rings (SSSR count). The minimum atomic E-state index is -4.09. The molecule has 0 radical (unpaired) electrons. The van der Waals surface area contributed by atoms with Crippen molar-refractivity contribution in [2.24, 2.45) is 5.92 Å². The summed E-state index contributed by atoms with van der Waals surface area (Å²) in [6.07, 6.45) is 4.79. The van der Waals surface area contributed by atoms with E-state index in [1.54, 1.807) is 0 Å². The molecule has 0 aromatic heterocycles. The lowest BCUT2D eigenvalue weighted by molar-refractivity contribution is -0.189. The van der Waals surface area contributed by atoms with Gasteiger partial charge in [0.2, 0.25) is 0 Å². The van der Waals surface area contributed by atoms with Crippen molar-refractivity contribution in [3.63, 3.8) is 0 Å². The van der Waals surface area contributed by atoms with Crippen molar-refractivity contribution in [1.82, 2.24) is 5.32 Å². The normalized spacial score (nSPS) is 27.5. The zero-order valence-corrected chi connectivity index (χ0v) is 10.2. The third kappa shape index (κ3) is 4.23. The van der Waals surface area contributed by atoms with Gasteiger partial charge in [-0.3, -0.25) is 0 Å². The molecule has 3 atom stereocenters. The molecule has 0 amide bonds. The first kappa shape index (κ1) is 14.4. The van der Waals surface area contributed by atoms with E-state index in [0.717, 1.165) is 12.8 Å². The molecule has 0 aliphatic heterocycles. The summed E-state index contributed by atoms with van der Waals surface area (Å²) in [5.74, 6) is 1.31. The summed E-state index contributed by atoms with van der Waals surface area (Å²) < 4.78 is 38.6. The van der Waals surface area contributed by atoms with Gasteiger partial charge < -0.3 is 5.32 Å². The van der Waals surface area contributed by atoms with Crippen LogP contribution in [0.5, 0.6) is 0 Å². The second-order valence-electron chi connectivity index (χ2n) is 4.72. The second-order valence-corrected chi connectivity index (χ2v) is 4.72. The molecule has 0 aromatic carbocycles. The van der Waals surface area contributed by atoms with Crippen LogP contribution in [0.15, 0.2) is 0 Å². The Balaban J connectivity index is 2.62. The van der Waals surface area contributed by atoms with Gasteiger partial charge >= 0.3 is 6.18 Å². The third-order valence-electron chi connectivity index (χ3n) is 3.49. The maximum atomic E-state index is 12.9. The fourth-order valence-corrected chi connectivity index (χ4v) is 2.49. The van der Waals surface area contributed by atoms with Crippen LogP contribution in [-0.4, -0.2) is 18.3 Å². The summed E-state index contributed by atoms with van der Waals surface area (Å²) in [6.45, 7) is 1.94. The zero-order valence-electron chi connectivity index (χ0n) is 10.2. The van der Waals surface area contributed by atoms with Gasteiger partial charge in [0.1, 0.15) is 0 Å². The molecular formula is C13H20F3N. The molecule has 1 aliphatic carbocycles. The van der Waals surface area contributed by atoms with Crippen LogP contribution >= 0.6 is 0 Å². The van der Waals surface area contributed by atoms with Gasteiger partial charge in [-0.1, -0.05) is 19.8 Å². The van der Waals surface area contributed by atoms with Crippen LogP contribution in [-0.2, 0) is 0 Å². The average molecular weight is 247 g/mol. The van der Waals surface area contributed by atoms with Crippen LogP contribution in [0.4, 0.5) is 13.2 Å². The van der Waals surface area contributed by atoms with E-state index in [2.05, 4.69) is 11.2 Å². The van der Waals surface area contributed by atoms with E-state index in [-0.39, 0.29) is 12.5 Å². The molecule has 0 aromatic rings. The minimum Gasteiger partial charge on any atom is -0.310 e. The Morgan fingerprint density at radius 2 is 2.00 bits per heavy atom. The van der Waals surface area contributed by atoms with Crippen molar-refractivity contribution in [3.05, 3.63) is 0 Å². The predicted octanol–water partition coefficient (Wildman–Crippen LogP) is 3.50. The van der Waals surface area contributed by atoms with Gasteiger partial charge in [-0.15, -0.1) is 12.3 Å². The summed E-state index contributed by atoms with van der Waals surface area (Å²) in [5.41, 5.74) is 0. The number of alkyl halides is 3. The lowest BCUT2D eigenvalue weighted by Crippen LogP contribution is -2.49. The molecule has 1 N–H and O–H groups in total. The van der Waals surface area contributed by atoms with Crippen LogP contribution in [0.25, 0.3) is 0 Å². The number of hydrogen-bond acceptors (Lipinski definition) is 1. The molecule has 1 nitrogen and oxygen atoms in total. The maximum Gasteiger partial charge on any atom is 0.393 e. The third-order valence-corrected chi connectivity index (χ3v) is 3.49. The smallest absolute Gasteiger partial charge is 0.310 e. The molecule has 98 valence electrons. The first-order chi connectivity index (χ1) is 7.99. The topological polar surface area (TPSA) is 12.0 Å². The monoisotopic (exact) mass is 247 g/mol. The van der Waals surface area contributed by atoms with Gasteiger partial charge in [0.15, 0.2) is 0 Å². The molecule has 4 heteroatoms. The molecule has 1 aliphatic rings. The predicted molar refractivity (Wildman–Crippen MR) is 62.5 cm³/mol. The fourth-order valence-electron chi connectivity index (χ4n) is 2.49. The molecule has 1 fully saturated rings. The lowest BCUT2D eigenvalue weighted by atomic mass is 9.83. The highest BCUT2D eigenvalue weighted by molar-refractivity contribution is 4.93. The zero-order chi connectivity index (χ0) is 12.9. The fraction of sp³-hybridized carbons (Fsp3) is 0.846. The standard InChI is InChI=1S/C13H20F3N/c1-3-7-10(4-2)17-12-9-6-5-8-11(12)13(14,15)16/h1,10-12,17H,4-9H2,2H3. The molecule has 0 saturated heterocycles. The van der Waals surface area contributed by atoms with Crippen molar-refractivity contribution < 1.29 is 13.2 Å². The Morgan fingerprint density at radius 3 is 2.53 bits per heavy atom. The highest BCUT2D eigenvalue weighted by atomic mass is 19.4. The highest BCUT2D eigenvalue weighted by Gasteiger charge is 2.45. The summed E-state index contributed by atoms with van der Waals surface area (Å²) in [4.78, 5) is 0. The van der Waals surface area contributed by atoms with Gasteiger partial charge in [-0.2, -0.15) is 13.2 Å². The maximum absolute atomic E-state index is 12.9. The Bertz CT molecular complexity index is 267. The first-order valence-corrected chi connectivity index (χ1v) is 6.25. The summed E-state index contributed by atoms with van der Waals surface area (Å²) >= 11 is 0. The summed E-state index contributed by atoms with van der Waals surface area (Å²) in [7, 11) is 0. The van der Waals surface area contributed by atoms with E-state index in [9.17, 15) is 13.2 Å². The van der Waals surface area contributed by atoms with Crippen LogP contribution in [0, 0.1) is 18.3 Å². The van der Waals surface area contributed by atoms with Gasteiger partial charge in [0.25, 0.3) is 0 Å². The Kier molecular flexibility index (Phi) is 5.32. The van der Waals surface area contributed by atoms with Gasteiger partial charge in [0.05, 0.1) is 5.92 Å². The van der Waals surface area contributed by atoms with Crippen molar-refractivity contribution in [2.45, 2.75) is 63.7 Å². The molecule has 17 heavy (non-hydrogen) atoms. The van der Waals surface area contributed by atoms with Gasteiger partial charge in [-0.25, -0.2) is 0 Å². The van der Waals surface area contributed by atoms with Crippen molar-refractivity contribution >= 4 is 0 Å². The summed E-state index contributed by atoms with van der Waals surface area (Å²) in [5, 5.41) is 3.10. The Morgan fingerprint density at radius 1 is 1.35 bits per heavy atom. The van der Waals surface area contributed by atoms with Crippen molar-refractivity contribution in [1.29, 1.82) is 0 Å². The van der Waals surface area contributed by atoms with E-state index in [4.69, 9.17) is 6.42 Å². The number of terminal acetylenes is 1. The van der Waals surface area contributed by atoms with E-state index in [1.807, 2.05) is 6.92 Å². The van der Waals surface area contributed by atoms with E-state index < -0.39 is 18.1 Å². The molecule has 1 saturated carbocycles. The minimum absolute atomic E-state index is 0.00736. The van der Waals surface area contributed by atoms with Crippen molar-refractivity contribution in [3.8, 4) is 12.3 Å². The van der Waals surface area contributed by atoms with Gasteiger partial charge in [0, 0.05) is 18.5 Å². The highest BCUT2D eigenvalue weighted by Crippen LogP contribution is 2.38. The van der Waals surface area contributed by atoms with Crippen molar-refractivity contribution in [2.75, 3.05) is 0 Å². The quantitative estimate of drug-likeness (QED) is 0.750. The molecule has 0 heterocycles. The Hall–Kier alpha value is -0.690. The number of nitrogens with one attached hydrogen (secondary N) is 1. The van der Waals surface area contributed by atoms with E-state index >= 15 is 0 Å². The lowest BCUT2D eigenvalue weighted by Gasteiger charge is -2.35. The van der Waals surface area contributed by atoms with Crippen LogP contribution in [0.1, 0.15) is 45.4 Å². The average Bonchev–Trinajstić information content (AvgIpc) is 2.27. The largest absolute Gasteiger partial charge is 0.393 e. The van der Waals surface area contributed by atoms with E-state index in [1.165, 1.54) is 0 Å². The summed E-state index contributed by atoms with van der Waals surface area (Å²) in [6, 6.07) is -0.449. The van der Waals surface area contributed by atoms with Gasteiger partial charge in [-0.05, 0) is 19.3 Å². The molecule has 0 bridgehead atoms.